The quantitative estimate of drug-likeness (QED) is 0.292. The second kappa shape index (κ2) is 11.4. The van der Waals surface area contributed by atoms with Gasteiger partial charge < -0.3 is 28.3 Å². The second-order valence-corrected chi connectivity index (χ2v) is 19.1. The predicted octanol–water partition coefficient (Wildman–Crippen LogP) is 3.41. The lowest BCUT2D eigenvalue weighted by atomic mass is 9.75. The zero-order valence-electron chi connectivity index (χ0n) is 21.7. The number of aliphatic hydroxyl groups is 2. The van der Waals surface area contributed by atoms with Crippen LogP contribution in [0.3, 0.4) is 0 Å². The van der Waals surface area contributed by atoms with Crippen molar-refractivity contribution in [1.82, 2.24) is 5.48 Å². The zero-order valence-corrected chi connectivity index (χ0v) is 23.8. The number of nitrogens with zero attached hydrogens (tertiary/aromatic N) is 1. The molecular formula is C23H44N2O6Si2. The van der Waals surface area contributed by atoms with Crippen LogP contribution in [0.2, 0.25) is 22.2 Å². The third-order valence-corrected chi connectivity index (χ3v) is 15.9. The molecule has 0 aromatic rings. The van der Waals surface area contributed by atoms with Crippen LogP contribution in [-0.4, -0.2) is 64.6 Å². The van der Waals surface area contributed by atoms with Gasteiger partial charge in [0.1, 0.15) is 23.9 Å². The molecule has 5 unspecified atom stereocenters. The molecule has 2 aliphatic heterocycles. The van der Waals surface area contributed by atoms with Gasteiger partial charge in [-0.3, -0.25) is 0 Å². The van der Waals surface area contributed by atoms with Crippen LogP contribution < -0.4 is 5.48 Å². The van der Waals surface area contributed by atoms with E-state index in [4.69, 9.17) is 18.1 Å². The Hall–Kier alpha value is -0.616. The van der Waals surface area contributed by atoms with Crippen molar-refractivity contribution >= 4 is 17.6 Å². The third kappa shape index (κ3) is 5.63. The molecular weight excluding hydrogens is 456 g/mol. The number of aliphatic hydroxyl groups excluding tert-OH is 2. The molecule has 0 spiro atoms. The molecule has 10 heteroatoms. The Morgan fingerprint density at radius 3 is 2.21 bits per heavy atom. The van der Waals surface area contributed by atoms with E-state index in [9.17, 15) is 15.5 Å². The summed E-state index contributed by atoms with van der Waals surface area (Å²) in [5.41, 5.74) is 2.93. The number of hydrogen-bond acceptors (Lipinski definition) is 8. The summed E-state index contributed by atoms with van der Waals surface area (Å²) in [4.78, 5) is 5.46. The topological polar surface area (TPSA) is 113 Å². The van der Waals surface area contributed by atoms with Crippen molar-refractivity contribution in [2.75, 3.05) is 6.61 Å². The Labute approximate surface area is 202 Å². The maximum atomic E-state index is 11.6. The van der Waals surface area contributed by atoms with Crippen molar-refractivity contribution in [2.45, 2.75) is 121 Å². The van der Waals surface area contributed by atoms with Gasteiger partial charge in [0.2, 0.25) is 0 Å². The first kappa shape index (κ1) is 28.6. The normalized spacial score (nSPS) is 30.5. The molecule has 1 saturated heterocycles. The molecule has 2 bridgehead atoms. The van der Waals surface area contributed by atoms with Crippen LogP contribution in [0.25, 0.3) is 0 Å². The molecule has 33 heavy (non-hydrogen) atoms. The average Bonchev–Trinajstić information content (AvgIpc) is 2.92. The van der Waals surface area contributed by atoms with E-state index in [0.717, 1.165) is 0 Å². The Kier molecular flexibility index (Phi) is 9.90. The first-order chi connectivity index (χ1) is 15.4. The van der Waals surface area contributed by atoms with Gasteiger partial charge >= 0.3 is 8.56 Å². The summed E-state index contributed by atoms with van der Waals surface area (Å²) in [6, 6.07) is 2.17. The minimum atomic E-state index is -2.89. The second-order valence-electron chi connectivity index (χ2n) is 10.6. The smallest absolute Gasteiger partial charge is 0.333 e. The maximum absolute atomic E-state index is 11.6. The summed E-state index contributed by atoms with van der Waals surface area (Å²) in [7, 11) is -4.54. The molecule has 190 valence electrons. The molecule has 0 aromatic carbocycles. The van der Waals surface area contributed by atoms with Gasteiger partial charge in [-0.25, -0.2) is 0 Å². The summed E-state index contributed by atoms with van der Waals surface area (Å²) < 4.78 is 19.8. The van der Waals surface area contributed by atoms with Crippen LogP contribution in [0.1, 0.15) is 68.7 Å². The van der Waals surface area contributed by atoms with Crippen molar-refractivity contribution in [3.05, 3.63) is 11.6 Å². The Morgan fingerprint density at radius 1 is 1.18 bits per heavy atom. The number of ether oxygens (including phenoxy) is 1. The highest BCUT2D eigenvalue weighted by molar-refractivity contribution is 6.78. The summed E-state index contributed by atoms with van der Waals surface area (Å²) in [6.07, 6.45) is -2.31. The standard InChI is InChI=1S/C23H44N2O6Si2/c1-10-28-25-23-12-20(26)29-19(11-18(23)13-24)21(22(23)27)30-33(16(6)7,17(8)9)31-32(14(2)3)15(4)5/h11,14-17,19-22,25-27,32H,10,12H2,1-9H3. The van der Waals surface area contributed by atoms with Gasteiger partial charge in [-0.1, -0.05) is 55.4 Å². The van der Waals surface area contributed by atoms with E-state index >= 15 is 0 Å². The van der Waals surface area contributed by atoms with Crippen LogP contribution in [0.15, 0.2) is 11.6 Å². The molecule has 3 aliphatic rings. The average molecular weight is 501 g/mol. The maximum Gasteiger partial charge on any atom is 0.333 e. The van der Waals surface area contributed by atoms with Crippen LogP contribution >= 0.6 is 0 Å². The Balaban J connectivity index is 2.55. The van der Waals surface area contributed by atoms with Gasteiger partial charge in [-0.2, -0.15) is 10.7 Å². The van der Waals surface area contributed by atoms with Gasteiger partial charge in [0, 0.05) is 6.42 Å². The van der Waals surface area contributed by atoms with Gasteiger partial charge in [-0.15, -0.1) is 0 Å². The number of nitrogens with one attached hydrogen (secondary N) is 1. The van der Waals surface area contributed by atoms with Gasteiger partial charge in [-0.05, 0) is 35.2 Å². The van der Waals surface area contributed by atoms with Crippen LogP contribution in [-0.2, 0) is 18.1 Å². The monoisotopic (exact) mass is 500 g/mol. The molecule has 0 radical (unpaired) electrons. The molecule has 3 rings (SSSR count). The molecule has 1 fully saturated rings. The van der Waals surface area contributed by atoms with E-state index < -0.39 is 47.7 Å². The molecule has 2 heterocycles. The number of rotatable bonds is 11. The first-order valence-corrected chi connectivity index (χ1v) is 16.0. The fourth-order valence-electron chi connectivity index (χ4n) is 5.21. The Bertz CT molecular complexity index is 710. The summed E-state index contributed by atoms with van der Waals surface area (Å²) >= 11 is 0. The summed E-state index contributed by atoms with van der Waals surface area (Å²) in [5, 5.41) is 32.0. The highest BCUT2D eigenvalue weighted by Gasteiger charge is 2.60. The number of hydroxylamine groups is 1. The zero-order chi connectivity index (χ0) is 25.1. The van der Waals surface area contributed by atoms with Crippen molar-refractivity contribution in [1.29, 1.82) is 5.26 Å². The molecule has 0 aromatic heterocycles. The number of nitriles is 1. The van der Waals surface area contributed by atoms with E-state index in [0.29, 0.717) is 17.7 Å². The highest BCUT2D eigenvalue weighted by atomic mass is 28.4. The van der Waals surface area contributed by atoms with Gasteiger partial charge in [0.25, 0.3) is 0 Å². The largest absolute Gasteiger partial charge is 0.437 e. The summed E-state index contributed by atoms with van der Waals surface area (Å²) in [6.45, 7) is 19.5. The molecule has 8 nitrogen and oxygen atoms in total. The van der Waals surface area contributed by atoms with Crippen molar-refractivity contribution in [2.24, 2.45) is 0 Å². The van der Waals surface area contributed by atoms with Gasteiger partial charge in [0.15, 0.2) is 15.3 Å². The van der Waals surface area contributed by atoms with Crippen LogP contribution in [0.4, 0.5) is 0 Å². The molecule has 1 aliphatic carbocycles. The van der Waals surface area contributed by atoms with Crippen molar-refractivity contribution in [3.63, 3.8) is 0 Å². The minimum absolute atomic E-state index is 0.0297. The van der Waals surface area contributed by atoms with Crippen LogP contribution in [0.5, 0.6) is 0 Å². The van der Waals surface area contributed by atoms with E-state index in [1.54, 1.807) is 13.0 Å². The third-order valence-electron chi connectivity index (χ3n) is 6.85. The number of hydrogen-bond donors (Lipinski definition) is 3. The van der Waals surface area contributed by atoms with Gasteiger partial charge in [0.05, 0.1) is 18.2 Å². The fraction of sp³-hybridized carbons (Fsp3) is 0.870. The first-order valence-electron chi connectivity index (χ1n) is 12.2. The minimum Gasteiger partial charge on any atom is -0.437 e. The lowest BCUT2D eigenvalue weighted by molar-refractivity contribution is -0.144. The van der Waals surface area contributed by atoms with E-state index in [-0.39, 0.29) is 23.1 Å². The SMILES string of the molecule is CCONC12CC(O)OC(C=C1C#N)C(O[Si](O[SiH](C(C)C)C(C)C)(C(C)C)C(C)C)C2O. The Morgan fingerprint density at radius 2 is 1.76 bits per heavy atom. The molecule has 0 amide bonds. The number of fused-ring (bicyclic) bond motifs is 3. The van der Waals surface area contributed by atoms with E-state index in [1.165, 1.54) is 0 Å². The lowest BCUT2D eigenvalue weighted by Crippen LogP contribution is -2.66. The highest BCUT2D eigenvalue weighted by Crippen LogP contribution is 2.45. The molecule has 0 saturated carbocycles. The predicted molar refractivity (Wildman–Crippen MR) is 132 cm³/mol. The summed E-state index contributed by atoms with van der Waals surface area (Å²) in [5.74, 6) is 0. The van der Waals surface area contributed by atoms with E-state index in [1.807, 2.05) is 0 Å². The lowest BCUT2D eigenvalue weighted by Gasteiger charge is -2.49. The van der Waals surface area contributed by atoms with Crippen molar-refractivity contribution in [3.8, 4) is 6.07 Å². The van der Waals surface area contributed by atoms with E-state index in [2.05, 4.69) is 66.9 Å². The van der Waals surface area contributed by atoms with Crippen molar-refractivity contribution < 1.29 is 28.3 Å². The fourth-order valence-corrected chi connectivity index (χ4v) is 15.6. The molecule has 5 atom stereocenters. The van der Waals surface area contributed by atoms with Crippen LogP contribution in [0, 0.1) is 11.3 Å². The molecule has 3 N–H and O–H groups in total.